The van der Waals surface area contributed by atoms with E-state index in [9.17, 15) is 15.0 Å². The fourth-order valence-corrected chi connectivity index (χ4v) is 8.89. The lowest BCUT2D eigenvalue weighted by Crippen LogP contribution is -2.63. The van der Waals surface area contributed by atoms with E-state index in [1.807, 2.05) is 0 Å². The van der Waals surface area contributed by atoms with Crippen molar-refractivity contribution in [2.24, 2.45) is 46.3 Å². The van der Waals surface area contributed by atoms with Crippen molar-refractivity contribution in [3.63, 3.8) is 0 Å². The molecule has 4 saturated carbocycles. The van der Waals surface area contributed by atoms with E-state index in [4.69, 9.17) is 5.11 Å². The molecule has 0 aromatic carbocycles. The van der Waals surface area contributed by atoms with Crippen LogP contribution in [0.5, 0.6) is 0 Å². The summed E-state index contributed by atoms with van der Waals surface area (Å²) in [5.41, 5.74) is -0.0625. The summed E-state index contributed by atoms with van der Waals surface area (Å²) in [5, 5.41) is 31.2. The highest BCUT2D eigenvalue weighted by atomic mass is 16.5. The van der Waals surface area contributed by atoms with Crippen LogP contribution in [0.25, 0.3) is 0 Å². The van der Waals surface area contributed by atoms with Crippen molar-refractivity contribution in [2.45, 2.75) is 97.2 Å². The molecule has 0 bridgehead atoms. The van der Waals surface area contributed by atoms with Gasteiger partial charge in [-0.25, -0.2) is 0 Å². The largest absolute Gasteiger partial charge is 0.481 e. The summed E-state index contributed by atoms with van der Waals surface area (Å²) in [6.45, 7) is 6.93. The molecule has 0 aromatic heterocycles. The lowest BCUT2D eigenvalue weighted by atomic mass is 9.43. The molecular weight excluding hydrogens is 352 g/mol. The SMILES string of the molecule is C[C@H](CCC(=O)O)[C@H]1CC[C@H]2[C@@H]3CCC4CCCC(O)(O)[C@]4(C)[C@H]3CC[C@]12C. The lowest BCUT2D eigenvalue weighted by molar-refractivity contribution is -0.313. The number of rotatable bonds is 4. The van der Waals surface area contributed by atoms with Crippen LogP contribution in [0, 0.1) is 46.3 Å². The Morgan fingerprint density at radius 3 is 2.46 bits per heavy atom. The standard InChI is InChI=1S/C24H40O4/c1-15(6-11-21(25)26)18-9-10-19-17-8-7-16-5-4-13-24(27,28)23(16,3)20(17)12-14-22(18,19)2/h15-20,27-28H,4-14H2,1-3H3,(H,25,26)/t15-,16?,17+,18-,19+,20+,22-,23+/m1/s1. The maximum Gasteiger partial charge on any atom is 0.303 e. The van der Waals surface area contributed by atoms with Crippen LogP contribution in [0.2, 0.25) is 0 Å². The molecule has 0 aromatic rings. The second-order valence-corrected chi connectivity index (χ2v) is 11.3. The molecule has 4 heteroatoms. The first-order valence-electron chi connectivity index (χ1n) is 11.8. The van der Waals surface area contributed by atoms with Crippen LogP contribution < -0.4 is 0 Å². The zero-order valence-corrected chi connectivity index (χ0v) is 18.0. The Morgan fingerprint density at radius 2 is 1.75 bits per heavy atom. The summed E-state index contributed by atoms with van der Waals surface area (Å²) in [5.74, 6) is 1.02. The Bertz CT molecular complexity index is 616. The molecule has 8 atom stereocenters. The van der Waals surface area contributed by atoms with Gasteiger partial charge in [0.1, 0.15) is 0 Å². The van der Waals surface area contributed by atoms with Crippen LogP contribution in [0.4, 0.5) is 0 Å². The topological polar surface area (TPSA) is 77.8 Å². The van der Waals surface area contributed by atoms with E-state index in [0.29, 0.717) is 47.3 Å². The molecule has 0 heterocycles. The maximum atomic E-state index is 11.1. The van der Waals surface area contributed by atoms with Crippen LogP contribution in [-0.4, -0.2) is 27.1 Å². The minimum absolute atomic E-state index is 0.280. The molecule has 28 heavy (non-hydrogen) atoms. The summed E-state index contributed by atoms with van der Waals surface area (Å²) in [6.07, 6.45) is 10.8. The molecule has 4 aliphatic rings. The summed E-state index contributed by atoms with van der Waals surface area (Å²) in [6, 6.07) is 0. The number of aliphatic hydroxyl groups is 2. The molecule has 1 unspecified atom stereocenters. The highest BCUT2D eigenvalue weighted by molar-refractivity contribution is 5.66. The molecule has 3 N–H and O–H groups in total. The third-order valence-corrected chi connectivity index (χ3v) is 10.4. The molecule has 4 fully saturated rings. The lowest BCUT2D eigenvalue weighted by Gasteiger charge is -2.63. The normalized spacial score (nSPS) is 48.2. The summed E-state index contributed by atoms with van der Waals surface area (Å²) < 4.78 is 0. The van der Waals surface area contributed by atoms with Gasteiger partial charge in [-0.3, -0.25) is 4.79 Å². The fraction of sp³-hybridized carbons (Fsp3) is 0.958. The van der Waals surface area contributed by atoms with E-state index in [0.717, 1.165) is 32.1 Å². The van der Waals surface area contributed by atoms with E-state index in [-0.39, 0.29) is 11.8 Å². The molecule has 0 saturated heterocycles. The highest BCUT2D eigenvalue weighted by Crippen LogP contribution is 2.69. The van der Waals surface area contributed by atoms with Crippen molar-refractivity contribution < 1.29 is 20.1 Å². The van der Waals surface area contributed by atoms with Gasteiger partial charge in [0, 0.05) is 18.3 Å². The second kappa shape index (κ2) is 6.97. The van der Waals surface area contributed by atoms with E-state index in [1.165, 1.54) is 25.7 Å². The average Bonchev–Trinajstić information content (AvgIpc) is 2.98. The Balaban J connectivity index is 1.57. The van der Waals surface area contributed by atoms with Crippen molar-refractivity contribution in [2.75, 3.05) is 0 Å². The van der Waals surface area contributed by atoms with Gasteiger partial charge in [-0.15, -0.1) is 0 Å². The summed E-state index contributed by atoms with van der Waals surface area (Å²) in [7, 11) is 0. The summed E-state index contributed by atoms with van der Waals surface area (Å²) in [4.78, 5) is 11.1. The molecule has 0 aliphatic heterocycles. The van der Waals surface area contributed by atoms with Crippen molar-refractivity contribution in [1.29, 1.82) is 0 Å². The van der Waals surface area contributed by atoms with Crippen molar-refractivity contribution in [3.05, 3.63) is 0 Å². The van der Waals surface area contributed by atoms with Crippen LogP contribution in [0.1, 0.15) is 91.4 Å². The van der Waals surface area contributed by atoms with E-state index in [1.54, 1.807) is 0 Å². The van der Waals surface area contributed by atoms with Crippen LogP contribution >= 0.6 is 0 Å². The molecule has 4 aliphatic carbocycles. The van der Waals surface area contributed by atoms with Crippen molar-refractivity contribution in [1.82, 2.24) is 0 Å². The van der Waals surface area contributed by atoms with Gasteiger partial charge >= 0.3 is 5.97 Å². The molecule has 0 spiro atoms. The number of carboxylic acids is 1. The first-order valence-corrected chi connectivity index (χ1v) is 11.8. The molecular formula is C24H40O4. The number of aliphatic carboxylic acids is 1. The molecule has 160 valence electrons. The Kier molecular flexibility index (Phi) is 5.14. The van der Waals surface area contributed by atoms with Crippen LogP contribution in [0.15, 0.2) is 0 Å². The number of fused-ring (bicyclic) bond motifs is 5. The van der Waals surface area contributed by atoms with Crippen LogP contribution in [-0.2, 0) is 4.79 Å². The Hall–Kier alpha value is -0.610. The number of carboxylic acid groups (broad SMARTS) is 1. The van der Waals surface area contributed by atoms with Crippen molar-refractivity contribution >= 4 is 5.97 Å². The molecule has 4 rings (SSSR count). The van der Waals surface area contributed by atoms with Gasteiger partial charge in [-0.2, -0.15) is 0 Å². The van der Waals surface area contributed by atoms with E-state index < -0.39 is 11.8 Å². The predicted octanol–water partition coefficient (Wildman–Crippen LogP) is 4.83. The number of hydrogen-bond acceptors (Lipinski definition) is 3. The van der Waals surface area contributed by atoms with Gasteiger partial charge in [-0.05, 0) is 98.7 Å². The van der Waals surface area contributed by atoms with E-state index >= 15 is 0 Å². The van der Waals surface area contributed by atoms with Gasteiger partial charge in [0.25, 0.3) is 0 Å². The quantitative estimate of drug-likeness (QED) is 0.599. The zero-order chi connectivity index (χ0) is 20.3. The predicted molar refractivity (Wildman–Crippen MR) is 108 cm³/mol. The Morgan fingerprint density at radius 1 is 1.00 bits per heavy atom. The smallest absolute Gasteiger partial charge is 0.303 e. The van der Waals surface area contributed by atoms with Crippen molar-refractivity contribution in [3.8, 4) is 0 Å². The highest BCUT2D eigenvalue weighted by Gasteiger charge is 2.65. The fourth-order valence-electron chi connectivity index (χ4n) is 8.89. The number of carbonyl (C=O) groups is 1. The van der Waals surface area contributed by atoms with Gasteiger partial charge in [0.15, 0.2) is 5.79 Å². The third kappa shape index (κ3) is 2.88. The van der Waals surface area contributed by atoms with Gasteiger partial charge in [0.2, 0.25) is 0 Å². The second-order valence-electron chi connectivity index (χ2n) is 11.3. The molecule has 0 radical (unpaired) electrons. The zero-order valence-electron chi connectivity index (χ0n) is 18.0. The first-order chi connectivity index (χ1) is 13.1. The monoisotopic (exact) mass is 392 g/mol. The van der Waals surface area contributed by atoms with E-state index in [2.05, 4.69) is 20.8 Å². The first kappa shape index (κ1) is 20.7. The third-order valence-electron chi connectivity index (χ3n) is 10.4. The molecule has 0 amide bonds. The minimum atomic E-state index is -1.51. The average molecular weight is 393 g/mol. The van der Waals surface area contributed by atoms with Crippen LogP contribution in [0.3, 0.4) is 0 Å². The van der Waals surface area contributed by atoms with Gasteiger partial charge < -0.3 is 15.3 Å². The maximum absolute atomic E-state index is 11.1. The molecule has 4 nitrogen and oxygen atoms in total. The summed E-state index contributed by atoms with van der Waals surface area (Å²) >= 11 is 0. The Labute approximate surface area is 170 Å². The van der Waals surface area contributed by atoms with Gasteiger partial charge in [-0.1, -0.05) is 20.8 Å². The van der Waals surface area contributed by atoms with Gasteiger partial charge in [0.05, 0.1) is 0 Å². The minimum Gasteiger partial charge on any atom is -0.481 e. The number of hydrogen-bond donors (Lipinski definition) is 3.